The molecule has 4 N–H and O–H groups in total. The van der Waals surface area contributed by atoms with Crippen molar-refractivity contribution in [3.63, 3.8) is 0 Å². The highest BCUT2D eigenvalue weighted by molar-refractivity contribution is 5.85. The average molecular weight is 279 g/mol. The van der Waals surface area contributed by atoms with Crippen molar-refractivity contribution in [1.82, 2.24) is 0 Å². The fourth-order valence-electron chi connectivity index (χ4n) is 1.71. The van der Waals surface area contributed by atoms with Crippen LogP contribution in [0.5, 0.6) is 5.75 Å². The first-order valence-corrected chi connectivity index (χ1v) is 6.02. The molecule has 0 aliphatic rings. The third-order valence-corrected chi connectivity index (χ3v) is 2.79. The number of halogens is 1. The van der Waals surface area contributed by atoms with Gasteiger partial charge in [-0.25, -0.2) is 0 Å². The van der Waals surface area contributed by atoms with E-state index < -0.39 is 0 Å². The second-order valence-corrected chi connectivity index (χ2v) is 4.19. The van der Waals surface area contributed by atoms with Crippen LogP contribution < -0.4 is 16.2 Å². The number of hydrogen-bond acceptors (Lipinski definition) is 3. The van der Waals surface area contributed by atoms with E-state index in [9.17, 15) is 0 Å². The summed E-state index contributed by atoms with van der Waals surface area (Å²) in [6.45, 7) is 0.990. The molecular weight excluding hydrogens is 260 g/mol. The second kappa shape index (κ2) is 7.79. The van der Waals surface area contributed by atoms with Crippen LogP contribution in [0.3, 0.4) is 0 Å². The zero-order valence-corrected chi connectivity index (χ0v) is 11.5. The van der Waals surface area contributed by atoms with Crippen molar-refractivity contribution in [3.8, 4) is 5.75 Å². The Kier molecular flexibility index (Phi) is 6.36. The van der Waals surface area contributed by atoms with Crippen LogP contribution in [0.25, 0.3) is 0 Å². The van der Waals surface area contributed by atoms with Crippen molar-refractivity contribution >= 4 is 12.4 Å². The maximum atomic E-state index is 5.89. The quantitative estimate of drug-likeness (QED) is 0.884. The molecule has 0 spiro atoms. The zero-order valence-electron chi connectivity index (χ0n) is 10.7. The third kappa shape index (κ3) is 4.56. The van der Waals surface area contributed by atoms with Crippen molar-refractivity contribution < 1.29 is 4.74 Å². The van der Waals surface area contributed by atoms with E-state index in [1.165, 1.54) is 0 Å². The van der Waals surface area contributed by atoms with Crippen LogP contribution >= 0.6 is 12.4 Å². The molecule has 2 rings (SSSR count). The minimum atomic E-state index is -0.134. The van der Waals surface area contributed by atoms with Gasteiger partial charge in [0.15, 0.2) is 0 Å². The van der Waals surface area contributed by atoms with E-state index in [1.54, 1.807) is 0 Å². The Morgan fingerprint density at radius 1 is 1.00 bits per heavy atom. The fraction of sp³-hybridized carbons (Fsp3) is 0.200. The van der Waals surface area contributed by atoms with E-state index >= 15 is 0 Å². The number of rotatable bonds is 5. The lowest BCUT2D eigenvalue weighted by atomic mass is 10.1. The van der Waals surface area contributed by atoms with E-state index in [1.807, 2.05) is 54.6 Å². The van der Waals surface area contributed by atoms with E-state index in [0.717, 1.165) is 16.9 Å². The van der Waals surface area contributed by atoms with Crippen LogP contribution in [0.1, 0.15) is 17.2 Å². The number of benzene rings is 2. The van der Waals surface area contributed by atoms with Gasteiger partial charge in [0, 0.05) is 12.6 Å². The molecule has 0 aliphatic carbocycles. The lowest BCUT2D eigenvalue weighted by Crippen LogP contribution is -2.20. The molecule has 0 heterocycles. The van der Waals surface area contributed by atoms with Crippen molar-refractivity contribution in [3.05, 3.63) is 65.7 Å². The van der Waals surface area contributed by atoms with Crippen LogP contribution in [-0.2, 0) is 6.61 Å². The van der Waals surface area contributed by atoms with Gasteiger partial charge in [-0.2, -0.15) is 0 Å². The van der Waals surface area contributed by atoms with Crippen molar-refractivity contribution in [2.45, 2.75) is 12.6 Å². The molecule has 0 amide bonds. The first-order valence-electron chi connectivity index (χ1n) is 6.02. The van der Waals surface area contributed by atoms with Gasteiger partial charge in [0.2, 0.25) is 0 Å². The molecule has 2 aromatic rings. The van der Waals surface area contributed by atoms with Crippen molar-refractivity contribution in [2.75, 3.05) is 6.54 Å². The molecule has 0 unspecified atom stereocenters. The molecular formula is C15H19ClN2O. The van der Waals surface area contributed by atoms with Gasteiger partial charge < -0.3 is 16.2 Å². The van der Waals surface area contributed by atoms with E-state index in [0.29, 0.717) is 13.2 Å². The molecule has 0 aromatic heterocycles. The Labute approximate surface area is 120 Å². The van der Waals surface area contributed by atoms with E-state index in [2.05, 4.69) is 0 Å². The molecule has 4 heteroatoms. The minimum Gasteiger partial charge on any atom is -0.489 e. The Morgan fingerprint density at radius 2 is 1.74 bits per heavy atom. The summed E-state index contributed by atoms with van der Waals surface area (Å²) in [6.07, 6.45) is 0. The molecule has 2 aromatic carbocycles. The van der Waals surface area contributed by atoms with E-state index in [-0.39, 0.29) is 18.4 Å². The monoisotopic (exact) mass is 278 g/mol. The summed E-state index contributed by atoms with van der Waals surface area (Å²) >= 11 is 0. The van der Waals surface area contributed by atoms with Gasteiger partial charge in [-0.1, -0.05) is 42.5 Å². The Bertz CT molecular complexity index is 491. The molecule has 0 bridgehead atoms. The molecule has 0 aliphatic heterocycles. The number of nitrogens with two attached hydrogens (primary N) is 2. The summed E-state index contributed by atoms with van der Waals surface area (Å²) in [6, 6.07) is 17.7. The van der Waals surface area contributed by atoms with Gasteiger partial charge in [0.25, 0.3) is 0 Å². The lowest BCUT2D eigenvalue weighted by Gasteiger charge is -2.11. The Hall–Kier alpha value is -1.55. The standard InChI is InChI=1S/C15H18N2O.ClH/c16-10-15(17)13-7-4-8-14(9-13)18-11-12-5-2-1-3-6-12;/h1-9,15H,10-11,16-17H2;1H/t15-;/m0./s1. The molecule has 0 saturated heterocycles. The molecule has 0 fully saturated rings. The van der Waals surface area contributed by atoms with E-state index in [4.69, 9.17) is 16.2 Å². The van der Waals surface area contributed by atoms with Crippen LogP contribution in [0.2, 0.25) is 0 Å². The fourth-order valence-corrected chi connectivity index (χ4v) is 1.71. The van der Waals surface area contributed by atoms with Gasteiger partial charge >= 0.3 is 0 Å². The third-order valence-electron chi connectivity index (χ3n) is 2.79. The van der Waals surface area contributed by atoms with Crippen molar-refractivity contribution in [1.29, 1.82) is 0 Å². The highest BCUT2D eigenvalue weighted by Gasteiger charge is 2.04. The predicted octanol–water partition coefficient (Wildman–Crippen LogP) is 2.65. The van der Waals surface area contributed by atoms with Gasteiger partial charge in [-0.05, 0) is 23.3 Å². The summed E-state index contributed by atoms with van der Waals surface area (Å²) in [5, 5.41) is 0. The molecule has 19 heavy (non-hydrogen) atoms. The van der Waals surface area contributed by atoms with Crippen LogP contribution in [0, 0.1) is 0 Å². The normalized spacial score (nSPS) is 11.5. The highest BCUT2D eigenvalue weighted by atomic mass is 35.5. The number of ether oxygens (including phenoxy) is 1. The predicted molar refractivity (Wildman–Crippen MR) is 80.4 cm³/mol. The topological polar surface area (TPSA) is 61.3 Å². The van der Waals surface area contributed by atoms with Gasteiger partial charge in [-0.3, -0.25) is 0 Å². The van der Waals surface area contributed by atoms with Crippen LogP contribution in [-0.4, -0.2) is 6.54 Å². The summed E-state index contributed by atoms with van der Waals surface area (Å²) in [7, 11) is 0. The first-order chi connectivity index (χ1) is 8.79. The Balaban J connectivity index is 0.00000180. The SMILES string of the molecule is Cl.NC[C@H](N)c1cccc(OCc2ccccc2)c1. The summed E-state index contributed by atoms with van der Waals surface area (Å²) in [4.78, 5) is 0. The molecule has 0 radical (unpaired) electrons. The molecule has 3 nitrogen and oxygen atoms in total. The molecule has 1 atom stereocenters. The van der Waals surface area contributed by atoms with Crippen LogP contribution in [0.15, 0.2) is 54.6 Å². The van der Waals surface area contributed by atoms with Gasteiger partial charge in [-0.15, -0.1) is 12.4 Å². The largest absolute Gasteiger partial charge is 0.489 e. The Morgan fingerprint density at radius 3 is 2.42 bits per heavy atom. The van der Waals surface area contributed by atoms with Crippen molar-refractivity contribution in [2.24, 2.45) is 11.5 Å². The maximum Gasteiger partial charge on any atom is 0.120 e. The summed E-state index contributed by atoms with van der Waals surface area (Å²) in [5.74, 6) is 0.820. The molecule has 0 saturated carbocycles. The minimum absolute atomic E-state index is 0. The lowest BCUT2D eigenvalue weighted by molar-refractivity contribution is 0.305. The summed E-state index contributed by atoms with van der Waals surface area (Å²) in [5.41, 5.74) is 13.6. The van der Waals surface area contributed by atoms with Crippen LogP contribution in [0.4, 0.5) is 0 Å². The molecule has 102 valence electrons. The van der Waals surface area contributed by atoms with Gasteiger partial charge in [0.1, 0.15) is 12.4 Å². The maximum absolute atomic E-state index is 5.89. The average Bonchev–Trinajstić information content (AvgIpc) is 2.45. The van der Waals surface area contributed by atoms with Gasteiger partial charge in [0.05, 0.1) is 0 Å². The second-order valence-electron chi connectivity index (χ2n) is 4.19. The zero-order chi connectivity index (χ0) is 12.8. The first kappa shape index (κ1) is 15.5. The highest BCUT2D eigenvalue weighted by Crippen LogP contribution is 2.18. The summed E-state index contributed by atoms with van der Waals surface area (Å²) < 4.78 is 5.73. The number of hydrogen-bond donors (Lipinski definition) is 2. The smallest absolute Gasteiger partial charge is 0.120 e.